The van der Waals surface area contributed by atoms with Gasteiger partial charge in [0.15, 0.2) is 5.82 Å². The van der Waals surface area contributed by atoms with Crippen molar-refractivity contribution >= 4 is 22.8 Å². The molecule has 3 N–H and O–H groups in total. The van der Waals surface area contributed by atoms with Gasteiger partial charge in [-0.05, 0) is 51.2 Å². The number of benzene rings is 1. The average molecular weight is 422 g/mol. The molecular formula is C24H31N5O2. The fourth-order valence-electron chi connectivity index (χ4n) is 4.30. The molecule has 0 saturated heterocycles. The van der Waals surface area contributed by atoms with Crippen LogP contribution in [0.2, 0.25) is 0 Å². The minimum absolute atomic E-state index is 0.0915. The smallest absolute Gasteiger partial charge is 0.223 e. The molecule has 3 aromatic rings. The second-order valence-corrected chi connectivity index (χ2v) is 8.34. The van der Waals surface area contributed by atoms with Crippen molar-refractivity contribution in [3.05, 3.63) is 53.5 Å². The van der Waals surface area contributed by atoms with Gasteiger partial charge in [-0.15, -0.1) is 0 Å². The number of amides is 1. The molecule has 0 bridgehead atoms. The molecule has 1 aromatic carbocycles. The lowest BCUT2D eigenvalue weighted by Gasteiger charge is -2.18. The molecule has 0 aliphatic heterocycles. The van der Waals surface area contributed by atoms with E-state index in [1.54, 1.807) is 0 Å². The number of hydrogen-bond acceptors (Lipinski definition) is 5. The van der Waals surface area contributed by atoms with E-state index in [-0.39, 0.29) is 17.9 Å². The summed E-state index contributed by atoms with van der Waals surface area (Å²) in [5.41, 5.74) is 9.90. The lowest BCUT2D eigenvalue weighted by molar-refractivity contribution is -0.122. The van der Waals surface area contributed by atoms with Gasteiger partial charge in [0.1, 0.15) is 17.9 Å². The number of carbonyl (C=O) groups is 1. The summed E-state index contributed by atoms with van der Waals surface area (Å²) < 4.78 is 7.80. The first-order valence-electron chi connectivity index (χ1n) is 11.0. The number of aryl methyl sites for hydroxylation is 1. The number of aromatic nitrogens is 3. The maximum Gasteiger partial charge on any atom is 0.223 e. The van der Waals surface area contributed by atoms with Gasteiger partial charge in [0, 0.05) is 30.8 Å². The highest BCUT2D eigenvalue weighted by molar-refractivity contribution is 5.86. The van der Waals surface area contributed by atoms with Crippen LogP contribution in [0.1, 0.15) is 55.7 Å². The number of nitrogens with zero attached hydrogens (tertiary/aromatic N) is 3. The first-order chi connectivity index (χ1) is 15.0. The second kappa shape index (κ2) is 9.06. The van der Waals surface area contributed by atoms with Gasteiger partial charge in [0.25, 0.3) is 0 Å². The van der Waals surface area contributed by atoms with Crippen LogP contribution in [0, 0.1) is 12.8 Å². The number of pyridine rings is 1. The first-order valence-corrected chi connectivity index (χ1v) is 11.0. The Hall–Kier alpha value is -2.93. The molecule has 0 spiro atoms. The number of ether oxygens (including phenoxy) is 1. The van der Waals surface area contributed by atoms with Gasteiger partial charge in [0.05, 0.1) is 5.52 Å². The fourth-order valence-corrected chi connectivity index (χ4v) is 4.30. The molecule has 3 atom stereocenters. The number of hydrogen-bond donors (Lipinski definition) is 2. The molecule has 1 saturated carbocycles. The van der Waals surface area contributed by atoms with Crippen molar-refractivity contribution in [1.82, 2.24) is 19.9 Å². The minimum atomic E-state index is 0.0915. The highest BCUT2D eigenvalue weighted by Gasteiger charge is 2.43. The summed E-state index contributed by atoms with van der Waals surface area (Å²) in [6, 6.07) is 12.4. The molecular weight excluding hydrogens is 390 g/mol. The standard InChI is InChI=1S/C24H31N5O2/c1-4-31-14-21-28-22-20(12-15(2)27-23(22)25)29(21)16(3)10-11-26-24(30)19-13-18(19)17-8-6-5-7-9-17/h5-9,12,16,18-19H,4,10-11,13-14H2,1-3H3,(H2,25,27)(H,26,30)/t16?,18-,19+/m0/s1. The molecule has 1 amide bonds. The molecule has 31 heavy (non-hydrogen) atoms. The predicted octanol–water partition coefficient (Wildman–Crippen LogP) is 3.73. The molecule has 0 radical (unpaired) electrons. The van der Waals surface area contributed by atoms with Gasteiger partial charge in [-0.3, -0.25) is 4.79 Å². The summed E-state index contributed by atoms with van der Waals surface area (Å²) in [6.07, 6.45) is 1.72. The quantitative estimate of drug-likeness (QED) is 0.549. The summed E-state index contributed by atoms with van der Waals surface area (Å²) in [5, 5.41) is 3.13. The van der Waals surface area contributed by atoms with Crippen molar-refractivity contribution in [2.75, 3.05) is 18.9 Å². The number of imidazole rings is 1. The van der Waals surface area contributed by atoms with Crippen LogP contribution < -0.4 is 11.1 Å². The summed E-state index contributed by atoms with van der Waals surface area (Å²) in [6.45, 7) is 7.68. The monoisotopic (exact) mass is 421 g/mol. The van der Waals surface area contributed by atoms with Crippen molar-refractivity contribution in [2.24, 2.45) is 5.92 Å². The molecule has 1 unspecified atom stereocenters. The number of nitrogens with one attached hydrogen (secondary N) is 1. The summed E-state index contributed by atoms with van der Waals surface area (Å²) >= 11 is 0. The maximum atomic E-state index is 12.6. The Labute approximate surface area is 183 Å². The fraction of sp³-hybridized carbons (Fsp3) is 0.458. The highest BCUT2D eigenvalue weighted by atomic mass is 16.5. The van der Waals surface area contributed by atoms with Crippen LogP contribution in [-0.4, -0.2) is 33.6 Å². The van der Waals surface area contributed by atoms with E-state index >= 15 is 0 Å². The van der Waals surface area contributed by atoms with Crippen LogP contribution >= 0.6 is 0 Å². The van der Waals surface area contributed by atoms with Crippen LogP contribution in [0.3, 0.4) is 0 Å². The lowest BCUT2D eigenvalue weighted by Crippen LogP contribution is -2.28. The highest BCUT2D eigenvalue weighted by Crippen LogP contribution is 2.47. The van der Waals surface area contributed by atoms with E-state index in [9.17, 15) is 4.79 Å². The van der Waals surface area contributed by atoms with E-state index in [2.05, 4.69) is 33.9 Å². The average Bonchev–Trinajstić information content (AvgIpc) is 3.48. The van der Waals surface area contributed by atoms with Crippen molar-refractivity contribution in [3.63, 3.8) is 0 Å². The van der Waals surface area contributed by atoms with Gasteiger partial charge < -0.3 is 20.4 Å². The number of nitrogens with two attached hydrogens (primary N) is 1. The topological polar surface area (TPSA) is 95.1 Å². The third-order valence-corrected chi connectivity index (χ3v) is 6.00. The summed E-state index contributed by atoms with van der Waals surface area (Å²) in [7, 11) is 0. The number of rotatable bonds is 9. The Morgan fingerprint density at radius 1 is 1.32 bits per heavy atom. The number of anilines is 1. The van der Waals surface area contributed by atoms with Crippen LogP contribution in [-0.2, 0) is 16.1 Å². The van der Waals surface area contributed by atoms with Crippen LogP contribution in [0.4, 0.5) is 5.82 Å². The van der Waals surface area contributed by atoms with Gasteiger partial charge in [0.2, 0.25) is 5.91 Å². The first kappa shape index (κ1) is 21.3. The van der Waals surface area contributed by atoms with E-state index in [1.807, 2.05) is 38.1 Å². The maximum absolute atomic E-state index is 12.6. The van der Waals surface area contributed by atoms with Crippen molar-refractivity contribution in [3.8, 4) is 0 Å². The van der Waals surface area contributed by atoms with E-state index in [4.69, 9.17) is 15.5 Å². The second-order valence-electron chi connectivity index (χ2n) is 8.34. The molecule has 1 aliphatic rings. The number of carbonyl (C=O) groups excluding carboxylic acids is 1. The zero-order valence-electron chi connectivity index (χ0n) is 18.5. The van der Waals surface area contributed by atoms with Crippen molar-refractivity contribution in [1.29, 1.82) is 0 Å². The molecule has 164 valence electrons. The van der Waals surface area contributed by atoms with Gasteiger partial charge in [-0.1, -0.05) is 30.3 Å². The third-order valence-electron chi connectivity index (χ3n) is 6.00. The Balaban J connectivity index is 1.41. The lowest BCUT2D eigenvalue weighted by atomic mass is 10.1. The summed E-state index contributed by atoms with van der Waals surface area (Å²) in [4.78, 5) is 21.6. The largest absolute Gasteiger partial charge is 0.382 e. The van der Waals surface area contributed by atoms with Crippen LogP contribution in [0.25, 0.3) is 11.0 Å². The van der Waals surface area contributed by atoms with Gasteiger partial charge in [-0.25, -0.2) is 9.97 Å². The SMILES string of the molecule is CCOCc1nc2c(N)nc(C)cc2n1C(C)CCNC(=O)[C@@H]1C[C@H]1c1ccccc1. The zero-order chi connectivity index (χ0) is 22.0. The molecule has 7 heteroatoms. The van der Waals surface area contributed by atoms with E-state index in [0.29, 0.717) is 37.0 Å². The molecule has 1 fully saturated rings. The van der Waals surface area contributed by atoms with Crippen LogP contribution in [0.15, 0.2) is 36.4 Å². The van der Waals surface area contributed by atoms with Gasteiger partial charge in [-0.2, -0.15) is 0 Å². The van der Waals surface area contributed by atoms with E-state index in [1.165, 1.54) is 5.56 Å². The Bertz CT molecular complexity index is 1060. The molecule has 2 aromatic heterocycles. The van der Waals surface area contributed by atoms with Crippen LogP contribution in [0.5, 0.6) is 0 Å². The molecule has 1 aliphatic carbocycles. The van der Waals surface area contributed by atoms with Gasteiger partial charge >= 0.3 is 0 Å². The minimum Gasteiger partial charge on any atom is -0.382 e. The summed E-state index contributed by atoms with van der Waals surface area (Å²) in [5.74, 6) is 1.87. The predicted molar refractivity (Wildman–Crippen MR) is 122 cm³/mol. The molecule has 2 heterocycles. The Morgan fingerprint density at radius 2 is 2.10 bits per heavy atom. The molecule has 7 nitrogen and oxygen atoms in total. The normalized spacial score (nSPS) is 18.8. The van der Waals surface area contributed by atoms with E-state index < -0.39 is 0 Å². The van der Waals surface area contributed by atoms with Crippen molar-refractivity contribution in [2.45, 2.75) is 52.2 Å². The molecule has 4 rings (SSSR count). The van der Waals surface area contributed by atoms with E-state index in [0.717, 1.165) is 29.9 Å². The zero-order valence-corrected chi connectivity index (χ0v) is 18.5. The Morgan fingerprint density at radius 3 is 2.84 bits per heavy atom. The number of nitrogen functional groups attached to an aromatic ring is 1. The van der Waals surface area contributed by atoms with Crippen molar-refractivity contribution < 1.29 is 9.53 Å². The number of fused-ring (bicyclic) bond motifs is 1. The Kier molecular flexibility index (Phi) is 6.23. The third kappa shape index (κ3) is 4.56.